The second-order valence-corrected chi connectivity index (χ2v) is 6.93. The molecular formula is C16H30N2O3. The van der Waals surface area contributed by atoms with Crippen LogP contribution in [0.15, 0.2) is 0 Å². The van der Waals surface area contributed by atoms with Crippen molar-refractivity contribution >= 4 is 11.8 Å². The lowest BCUT2D eigenvalue weighted by Crippen LogP contribution is -2.53. The van der Waals surface area contributed by atoms with Gasteiger partial charge in [-0.1, -0.05) is 27.7 Å². The predicted molar refractivity (Wildman–Crippen MR) is 82.6 cm³/mol. The van der Waals surface area contributed by atoms with E-state index in [1.807, 2.05) is 27.7 Å². The standard InChI is InChI=1S/C16H30N2O3/c1-10(2)15(20)7-13-6-14(17-16(21)11(3)4)9-18(8-13)12(5)19/h10-11,13-15,20H,6-9H2,1-5H3,(H,17,21). The Kier molecular flexibility index (Phi) is 6.65. The SMILES string of the molecule is CC(=O)N1CC(CC(O)C(C)C)CC(NC(=O)C(C)C)C1. The lowest BCUT2D eigenvalue weighted by molar-refractivity contribution is -0.133. The van der Waals surface area contributed by atoms with Crippen molar-refractivity contribution in [2.75, 3.05) is 13.1 Å². The largest absolute Gasteiger partial charge is 0.393 e. The van der Waals surface area contributed by atoms with Gasteiger partial charge in [0.2, 0.25) is 11.8 Å². The molecule has 0 saturated carbocycles. The van der Waals surface area contributed by atoms with Gasteiger partial charge >= 0.3 is 0 Å². The Hall–Kier alpha value is -1.10. The molecule has 3 unspecified atom stereocenters. The van der Waals surface area contributed by atoms with E-state index >= 15 is 0 Å². The maximum atomic E-state index is 11.9. The molecule has 1 saturated heterocycles. The maximum Gasteiger partial charge on any atom is 0.222 e. The first-order valence-electron chi connectivity index (χ1n) is 7.94. The van der Waals surface area contributed by atoms with Crippen molar-refractivity contribution < 1.29 is 14.7 Å². The van der Waals surface area contributed by atoms with E-state index < -0.39 is 0 Å². The molecule has 5 nitrogen and oxygen atoms in total. The van der Waals surface area contributed by atoms with E-state index in [0.29, 0.717) is 19.5 Å². The summed E-state index contributed by atoms with van der Waals surface area (Å²) in [5.41, 5.74) is 0. The number of piperidine rings is 1. The van der Waals surface area contributed by atoms with Crippen LogP contribution in [0.3, 0.4) is 0 Å². The topological polar surface area (TPSA) is 69.6 Å². The number of aliphatic hydroxyl groups is 1. The maximum absolute atomic E-state index is 11.9. The zero-order chi connectivity index (χ0) is 16.2. The molecule has 2 amide bonds. The summed E-state index contributed by atoms with van der Waals surface area (Å²) in [6.45, 7) is 10.5. The third kappa shape index (κ3) is 5.65. The van der Waals surface area contributed by atoms with Crippen LogP contribution in [0.5, 0.6) is 0 Å². The van der Waals surface area contributed by atoms with Crippen LogP contribution in [0.1, 0.15) is 47.5 Å². The zero-order valence-electron chi connectivity index (χ0n) is 13.9. The van der Waals surface area contributed by atoms with Gasteiger partial charge in [0.15, 0.2) is 0 Å². The van der Waals surface area contributed by atoms with Gasteiger partial charge in [0.25, 0.3) is 0 Å². The number of carbonyl (C=O) groups is 2. The highest BCUT2D eigenvalue weighted by atomic mass is 16.3. The molecule has 0 aromatic carbocycles. The van der Waals surface area contributed by atoms with Crippen LogP contribution in [-0.4, -0.2) is 47.1 Å². The molecule has 0 bridgehead atoms. The highest BCUT2D eigenvalue weighted by Gasteiger charge is 2.31. The molecule has 1 fully saturated rings. The van der Waals surface area contributed by atoms with E-state index in [9.17, 15) is 14.7 Å². The molecule has 122 valence electrons. The van der Waals surface area contributed by atoms with Crippen molar-refractivity contribution in [3.05, 3.63) is 0 Å². The van der Waals surface area contributed by atoms with Gasteiger partial charge in [-0.05, 0) is 24.7 Å². The highest BCUT2D eigenvalue weighted by molar-refractivity contribution is 5.78. The van der Waals surface area contributed by atoms with E-state index in [1.54, 1.807) is 11.8 Å². The predicted octanol–water partition coefficient (Wildman–Crippen LogP) is 1.40. The van der Waals surface area contributed by atoms with E-state index in [-0.39, 0.29) is 41.7 Å². The Bertz CT molecular complexity index is 369. The fraction of sp³-hybridized carbons (Fsp3) is 0.875. The lowest BCUT2D eigenvalue weighted by atomic mass is 9.86. The smallest absolute Gasteiger partial charge is 0.222 e. The van der Waals surface area contributed by atoms with Crippen LogP contribution in [0.25, 0.3) is 0 Å². The summed E-state index contributed by atoms with van der Waals surface area (Å²) in [5.74, 6) is 0.437. The molecular weight excluding hydrogens is 268 g/mol. The van der Waals surface area contributed by atoms with Gasteiger partial charge in [-0.25, -0.2) is 0 Å². The van der Waals surface area contributed by atoms with Crippen molar-refractivity contribution in [2.24, 2.45) is 17.8 Å². The summed E-state index contributed by atoms with van der Waals surface area (Å²) >= 11 is 0. The molecule has 0 radical (unpaired) electrons. The molecule has 1 rings (SSSR count). The summed E-state index contributed by atoms with van der Waals surface area (Å²) in [7, 11) is 0. The second kappa shape index (κ2) is 7.78. The molecule has 0 spiro atoms. The third-order valence-corrected chi connectivity index (χ3v) is 4.20. The van der Waals surface area contributed by atoms with Gasteiger partial charge in [-0.15, -0.1) is 0 Å². The van der Waals surface area contributed by atoms with Crippen LogP contribution in [-0.2, 0) is 9.59 Å². The fourth-order valence-corrected chi connectivity index (χ4v) is 2.72. The normalized spacial score (nSPS) is 24.3. The second-order valence-electron chi connectivity index (χ2n) is 6.93. The lowest BCUT2D eigenvalue weighted by Gasteiger charge is -2.39. The summed E-state index contributed by atoms with van der Waals surface area (Å²) < 4.78 is 0. The molecule has 21 heavy (non-hydrogen) atoms. The van der Waals surface area contributed by atoms with E-state index in [4.69, 9.17) is 0 Å². The third-order valence-electron chi connectivity index (χ3n) is 4.20. The molecule has 0 aliphatic carbocycles. The molecule has 0 aromatic heterocycles. The van der Waals surface area contributed by atoms with Gasteiger partial charge in [0, 0.05) is 32.0 Å². The molecule has 1 aliphatic heterocycles. The number of amides is 2. The number of carbonyl (C=O) groups excluding carboxylic acids is 2. The number of likely N-dealkylation sites (tertiary alicyclic amines) is 1. The van der Waals surface area contributed by atoms with Gasteiger partial charge in [-0.3, -0.25) is 9.59 Å². The minimum absolute atomic E-state index is 0.0121. The molecule has 3 atom stereocenters. The minimum atomic E-state index is -0.358. The Labute approximate surface area is 128 Å². The van der Waals surface area contributed by atoms with Gasteiger partial charge in [0.1, 0.15) is 0 Å². The Morgan fingerprint density at radius 1 is 1.24 bits per heavy atom. The van der Waals surface area contributed by atoms with Crippen LogP contribution in [0, 0.1) is 17.8 Å². The number of nitrogens with one attached hydrogen (secondary N) is 1. The summed E-state index contributed by atoms with van der Waals surface area (Å²) in [6.07, 6.45) is 1.14. The summed E-state index contributed by atoms with van der Waals surface area (Å²) in [4.78, 5) is 25.3. The van der Waals surface area contributed by atoms with E-state index in [2.05, 4.69) is 5.32 Å². The Balaban J connectivity index is 2.68. The molecule has 0 aromatic rings. The van der Waals surface area contributed by atoms with E-state index in [0.717, 1.165) is 6.42 Å². The fourth-order valence-electron chi connectivity index (χ4n) is 2.72. The van der Waals surface area contributed by atoms with Gasteiger partial charge < -0.3 is 15.3 Å². The highest BCUT2D eigenvalue weighted by Crippen LogP contribution is 2.24. The van der Waals surface area contributed by atoms with Crippen molar-refractivity contribution in [3.8, 4) is 0 Å². The average Bonchev–Trinajstić information content (AvgIpc) is 2.37. The first-order valence-corrected chi connectivity index (χ1v) is 7.94. The molecule has 1 heterocycles. The van der Waals surface area contributed by atoms with Gasteiger partial charge in [0.05, 0.1) is 6.10 Å². The number of rotatable bonds is 5. The van der Waals surface area contributed by atoms with Crippen molar-refractivity contribution in [3.63, 3.8) is 0 Å². The van der Waals surface area contributed by atoms with Crippen LogP contribution < -0.4 is 5.32 Å². The summed E-state index contributed by atoms with van der Waals surface area (Å²) in [6, 6.07) is -0.0121. The Morgan fingerprint density at radius 2 is 1.86 bits per heavy atom. The first-order chi connectivity index (χ1) is 9.70. The van der Waals surface area contributed by atoms with Crippen molar-refractivity contribution in [1.29, 1.82) is 0 Å². The minimum Gasteiger partial charge on any atom is -0.393 e. The first kappa shape index (κ1) is 18.0. The van der Waals surface area contributed by atoms with Gasteiger partial charge in [-0.2, -0.15) is 0 Å². The quantitative estimate of drug-likeness (QED) is 0.806. The van der Waals surface area contributed by atoms with Crippen LogP contribution >= 0.6 is 0 Å². The average molecular weight is 298 g/mol. The summed E-state index contributed by atoms with van der Waals surface area (Å²) in [5, 5.41) is 13.1. The monoisotopic (exact) mass is 298 g/mol. The van der Waals surface area contributed by atoms with Crippen LogP contribution in [0.4, 0.5) is 0 Å². The van der Waals surface area contributed by atoms with E-state index in [1.165, 1.54) is 0 Å². The molecule has 5 heteroatoms. The number of nitrogens with zero attached hydrogens (tertiary/aromatic N) is 1. The number of hydrogen-bond donors (Lipinski definition) is 2. The molecule has 1 aliphatic rings. The number of aliphatic hydroxyl groups excluding tert-OH is 1. The molecule has 2 N–H and O–H groups in total. The van der Waals surface area contributed by atoms with Crippen molar-refractivity contribution in [2.45, 2.75) is 59.6 Å². The van der Waals surface area contributed by atoms with Crippen LogP contribution in [0.2, 0.25) is 0 Å². The Morgan fingerprint density at radius 3 is 2.33 bits per heavy atom. The van der Waals surface area contributed by atoms with Crippen molar-refractivity contribution in [1.82, 2.24) is 10.2 Å². The zero-order valence-corrected chi connectivity index (χ0v) is 13.9. The number of hydrogen-bond acceptors (Lipinski definition) is 3.